The first-order valence-electron chi connectivity index (χ1n) is 10.0. The van der Waals surface area contributed by atoms with Crippen molar-refractivity contribution in [3.05, 3.63) is 51.6 Å². The third-order valence-corrected chi connectivity index (χ3v) is 8.43. The Hall–Kier alpha value is -2.63. The Morgan fingerprint density at radius 3 is 2.68 bits per heavy atom. The number of carbonyl (C=O) groups excluding carboxylic acids is 1. The van der Waals surface area contributed by atoms with Gasteiger partial charge in [-0.3, -0.25) is 19.1 Å². The molecule has 4 rings (SSSR count). The molecule has 0 bridgehead atoms. The van der Waals surface area contributed by atoms with E-state index in [9.17, 15) is 18.0 Å². The van der Waals surface area contributed by atoms with Crippen molar-refractivity contribution in [3.8, 4) is 0 Å². The summed E-state index contributed by atoms with van der Waals surface area (Å²) in [5, 5.41) is 2.77. The van der Waals surface area contributed by atoms with Gasteiger partial charge in [-0.2, -0.15) is 4.31 Å². The van der Waals surface area contributed by atoms with Crippen molar-refractivity contribution < 1.29 is 13.2 Å². The summed E-state index contributed by atoms with van der Waals surface area (Å²) in [6.45, 7) is 2.56. The number of piperidine rings is 1. The molecule has 3 aromatic heterocycles. The Balaban J connectivity index is 1.63. The van der Waals surface area contributed by atoms with Crippen molar-refractivity contribution in [1.29, 1.82) is 0 Å². The number of hydrogen-bond donors (Lipinski definition) is 1. The molecule has 1 amide bonds. The first-order chi connectivity index (χ1) is 14.9. The van der Waals surface area contributed by atoms with Crippen LogP contribution < -0.4 is 10.9 Å². The lowest BCUT2D eigenvalue weighted by Gasteiger charge is -2.25. The first-order valence-corrected chi connectivity index (χ1v) is 12.3. The Labute approximate surface area is 183 Å². The molecule has 0 radical (unpaired) electrons. The lowest BCUT2D eigenvalue weighted by Crippen LogP contribution is -2.36. The van der Waals surface area contributed by atoms with Crippen molar-refractivity contribution in [3.63, 3.8) is 0 Å². The molecule has 0 saturated carbocycles. The lowest BCUT2D eigenvalue weighted by molar-refractivity contribution is -0.121. The van der Waals surface area contributed by atoms with Gasteiger partial charge in [-0.05, 0) is 31.9 Å². The standard InChI is InChI=1S/C20H23N5O4S2/c1-14-18(31(28,29)25-9-5-2-6-10-25)17-19(30-14)23-13-24(20(17)27)12-16(26)22-11-15-7-3-4-8-21-15/h3-4,7-8,13H,2,5-6,9-12H2,1H3,(H,22,26). The number of hydrogen-bond acceptors (Lipinski definition) is 7. The van der Waals surface area contributed by atoms with Crippen LogP contribution in [0, 0.1) is 6.92 Å². The van der Waals surface area contributed by atoms with Gasteiger partial charge in [0.25, 0.3) is 5.56 Å². The van der Waals surface area contributed by atoms with Crippen LogP contribution in [-0.2, 0) is 27.9 Å². The van der Waals surface area contributed by atoms with Crippen molar-refractivity contribution >= 4 is 37.5 Å². The number of nitrogens with one attached hydrogen (secondary N) is 1. The number of aromatic nitrogens is 3. The summed E-state index contributed by atoms with van der Waals surface area (Å²) in [5.41, 5.74) is 0.165. The summed E-state index contributed by atoms with van der Waals surface area (Å²) in [6, 6.07) is 5.39. The molecule has 0 aromatic carbocycles. The highest BCUT2D eigenvalue weighted by atomic mass is 32.2. The summed E-state index contributed by atoms with van der Waals surface area (Å²) >= 11 is 1.18. The van der Waals surface area contributed by atoms with E-state index in [0.717, 1.165) is 23.8 Å². The highest BCUT2D eigenvalue weighted by Crippen LogP contribution is 2.33. The molecule has 9 nitrogen and oxygen atoms in total. The number of nitrogens with zero attached hydrogens (tertiary/aromatic N) is 4. The second-order valence-electron chi connectivity index (χ2n) is 7.41. The van der Waals surface area contributed by atoms with Crippen LogP contribution in [0.25, 0.3) is 10.2 Å². The normalized spacial score (nSPS) is 15.3. The highest BCUT2D eigenvalue weighted by molar-refractivity contribution is 7.89. The molecule has 4 heterocycles. The smallest absolute Gasteiger partial charge is 0.263 e. The second-order valence-corrected chi connectivity index (χ2v) is 10.5. The molecule has 31 heavy (non-hydrogen) atoms. The van der Waals surface area contributed by atoms with Gasteiger partial charge in [-0.25, -0.2) is 13.4 Å². The number of rotatable bonds is 6. The van der Waals surface area contributed by atoms with Crippen LogP contribution in [0.1, 0.15) is 29.8 Å². The summed E-state index contributed by atoms with van der Waals surface area (Å²) in [7, 11) is -3.81. The minimum Gasteiger partial charge on any atom is -0.349 e. The van der Waals surface area contributed by atoms with E-state index < -0.39 is 15.6 Å². The molecule has 3 aromatic rings. The summed E-state index contributed by atoms with van der Waals surface area (Å²) < 4.78 is 29.2. The minimum atomic E-state index is -3.81. The van der Waals surface area contributed by atoms with Gasteiger partial charge in [0.05, 0.1) is 24.0 Å². The van der Waals surface area contributed by atoms with E-state index in [4.69, 9.17) is 0 Å². The van der Waals surface area contributed by atoms with Gasteiger partial charge in [0.15, 0.2) is 0 Å². The molecular weight excluding hydrogens is 438 g/mol. The van der Waals surface area contributed by atoms with Crippen molar-refractivity contribution in [2.24, 2.45) is 0 Å². The van der Waals surface area contributed by atoms with Gasteiger partial charge in [0.2, 0.25) is 15.9 Å². The zero-order chi connectivity index (χ0) is 22.0. The van der Waals surface area contributed by atoms with Gasteiger partial charge >= 0.3 is 0 Å². The van der Waals surface area contributed by atoms with Crippen molar-refractivity contribution in [2.75, 3.05) is 13.1 Å². The predicted molar refractivity (Wildman–Crippen MR) is 117 cm³/mol. The Kier molecular flexibility index (Phi) is 6.17. The SMILES string of the molecule is Cc1sc2ncn(CC(=O)NCc3ccccn3)c(=O)c2c1S(=O)(=O)N1CCCCC1. The van der Waals surface area contributed by atoms with Crippen molar-refractivity contribution in [1.82, 2.24) is 24.2 Å². The Morgan fingerprint density at radius 1 is 1.19 bits per heavy atom. The van der Waals surface area contributed by atoms with E-state index in [-0.39, 0.29) is 29.3 Å². The van der Waals surface area contributed by atoms with Crippen LogP contribution in [0.3, 0.4) is 0 Å². The molecule has 11 heteroatoms. The zero-order valence-corrected chi connectivity index (χ0v) is 18.7. The Morgan fingerprint density at radius 2 is 1.97 bits per heavy atom. The molecule has 1 aliphatic rings. The predicted octanol–water partition coefficient (Wildman–Crippen LogP) is 1.65. The maximum Gasteiger partial charge on any atom is 0.263 e. The average molecular weight is 462 g/mol. The molecule has 1 N–H and O–H groups in total. The third-order valence-electron chi connectivity index (χ3n) is 5.22. The molecule has 0 spiro atoms. The van der Waals surface area contributed by atoms with Gasteiger partial charge in [-0.1, -0.05) is 12.5 Å². The maximum atomic E-state index is 13.3. The number of aryl methyl sites for hydroxylation is 1. The van der Waals surface area contributed by atoms with Gasteiger partial charge < -0.3 is 5.32 Å². The molecule has 0 unspecified atom stereocenters. The van der Waals surface area contributed by atoms with Gasteiger partial charge in [0.1, 0.15) is 16.3 Å². The third kappa shape index (κ3) is 4.39. The Bertz CT molecular complexity index is 1260. The molecule has 0 atom stereocenters. The molecule has 1 fully saturated rings. The molecule has 1 aliphatic heterocycles. The number of fused-ring (bicyclic) bond motifs is 1. The van der Waals surface area contributed by atoms with E-state index in [2.05, 4.69) is 15.3 Å². The maximum absolute atomic E-state index is 13.3. The quantitative estimate of drug-likeness (QED) is 0.597. The van der Waals surface area contributed by atoms with Crippen LogP contribution in [0.5, 0.6) is 0 Å². The molecule has 0 aliphatic carbocycles. The van der Waals surface area contributed by atoms with E-state index in [1.807, 2.05) is 6.07 Å². The topological polar surface area (TPSA) is 114 Å². The van der Waals surface area contributed by atoms with E-state index >= 15 is 0 Å². The van der Waals surface area contributed by atoms with Crippen LogP contribution in [0.15, 0.2) is 40.4 Å². The van der Waals surface area contributed by atoms with E-state index in [0.29, 0.717) is 28.5 Å². The summed E-state index contributed by atoms with van der Waals surface area (Å²) in [5.74, 6) is -0.388. The monoisotopic (exact) mass is 461 g/mol. The zero-order valence-electron chi connectivity index (χ0n) is 17.1. The second kappa shape index (κ2) is 8.85. The van der Waals surface area contributed by atoms with Crippen molar-refractivity contribution in [2.45, 2.75) is 44.2 Å². The molecular formula is C20H23N5O4S2. The number of thiophene rings is 1. The van der Waals surface area contributed by atoms with E-state index in [1.165, 1.54) is 22.0 Å². The number of carbonyl (C=O) groups is 1. The van der Waals surface area contributed by atoms with Crippen LogP contribution >= 0.6 is 11.3 Å². The number of sulfonamides is 1. The van der Waals surface area contributed by atoms with Crippen LogP contribution in [0.4, 0.5) is 0 Å². The minimum absolute atomic E-state index is 0.0233. The lowest BCUT2D eigenvalue weighted by atomic mass is 10.2. The van der Waals surface area contributed by atoms with Gasteiger partial charge in [-0.15, -0.1) is 11.3 Å². The fourth-order valence-corrected chi connectivity index (χ4v) is 6.86. The van der Waals surface area contributed by atoms with Crippen LogP contribution in [0.2, 0.25) is 0 Å². The first kappa shape index (κ1) is 21.6. The van der Waals surface area contributed by atoms with Crippen LogP contribution in [-0.4, -0.2) is 46.3 Å². The molecule has 164 valence electrons. The van der Waals surface area contributed by atoms with E-state index in [1.54, 1.807) is 25.3 Å². The average Bonchev–Trinajstić information content (AvgIpc) is 3.13. The summed E-state index contributed by atoms with van der Waals surface area (Å²) in [6.07, 6.45) is 5.53. The number of amides is 1. The number of pyridine rings is 1. The largest absolute Gasteiger partial charge is 0.349 e. The fraction of sp³-hybridized carbons (Fsp3) is 0.400. The summed E-state index contributed by atoms with van der Waals surface area (Å²) in [4.78, 5) is 34.8. The molecule has 1 saturated heterocycles. The highest BCUT2D eigenvalue weighted by Gasteiger charge is 2.32. The fourth-order valence-electron chi connectivity index (χ4n) is 3.67. The van der Waals surface area contributed by atoms with Gasteiger partial charge in [0, 0.05) is 24.2 Å².